The highest BCUT2D eigenvalue weighted by Gasteiger charge is 2.16. The Hall–Kier alpha value is -0.660. The fourth-order valence-electron chi connectivity index (χ4n) is 0.755. The third-order valence-corrected chi connectivity index (χ3v) is 2.60. The first-order valence-corrected chi connectivity index (χ1v) is 5.35. The summed E-state index contributed by atoms with van der Waals surface area (Å²) in [5.74, 6) is 0.00528. The largest absolute Gasteiger partial charge is 0.494 e. The molecule has 0 radical (unpaired) electrons. The van der Waals surface area contributed by atoms with Gasteiger partial charge in [0.25, 0.3) is 10.1 Å². The van der Waals surface area contributed by atoms with Crippen molar-refractivity contribution in [1.82, 2.24) is 4.98 Å². The molecule has 0 atom stereocenters. The fraction of sp³-hybridized carbons (Fsp3) is 0.167. The molecule has 5 nitrogen and oxygen atoms in total. The van der Waals surface area contributed by atoms with Crippen molar-refractivity contribution in [2.75, 3.05) is 7.11 Å². The molecule has 1 heterocycles. The van der Waals surface area contributed by atoms with Gasteiger partial charge in [0.1, 0.15) is 9.50 Å². The number of halogens is 1. The predicted molar refractivity (Wildman–Crippen MR) is 48.3 cm³/mol. The topological polar surface area (TPSA) is 76.5 Å². The second-order valence-electron chi connectivity index (χ2n) is 2.13. The van der Waals surface area contributed by atoms with E-state index in [-0.39, 0.29) is 10.6 Å². The molecule has 0 saturated carbocycles. The Labute approximate surface area is 83.6 Å². The molecule has 1 N–H and O–H groups in total. The SMILES string of the molecule is COc1cnc(Br)cc1S(=O)(=O)O. The number of hydrogen-bond donors (Lipinski definition) is 1. The van der Waals surface area contributed by atoms with Crippen molar-refractivity contribution < 1.29 is 17.7 Å². The summed E-state index contributed by atoms with van der Waals surface area (Å²) in [6.07, 6.45) is 1.20. The zero-order chi connectivity index (χ0) is 10.1. The van der Waals surface area contributed by atoms with Gasteiger partial charge < -0.3 is 4.74 Å². The molecule has 1 rings (SSSR count). The van der Waals surface area contributed by atoms with E-state index in [1.54, 1.807) is 0 Å². The van der Waals surface area contributed by atoms with Crippen molar-refractivity contribution in [2.45, 2.75) is 4.90 Å². The third kappa shape index (κ3) is 2.39. The average molecular weight is 268 g/mol. The Kier molecular flexibility index (Phi) is 2.89. The number of hydrogen-bond acceptors (Lipinski definition) is 4. The molecule has 0 spiro atoms. The summed E-state index contributed by atoms with van der Waals surface area (Å²) in [4.78, 5) is 3.43. The van der Waals surface area contributed by atoms with Gasteiger partial charge in [0.2, 0.25) is 0 Å². The maximum atomic E-state index is 10.8. The van der Waals surface area contributed by atoms with Crippen LogP contribution in [0.25, 0.3) is 0 Å². The lowest BCUT2D eigenvalue weighted by Gasteiger charge is -2.04. The number of nitrogens with zero attached hydrogens (tertiary/aromatic N) is 1. The number of rotatable bonds is 2. The summed E-state index contributed by atoms with van der Waals surface area (Å²) in [5.41, 5.74) is 0. The first-order chi connectivity index (χ1) is 5.95. The van der Waals surface area contributed by atoms with Gasteiger partial charge in [-0.1, -0.05) is 0 Å². The van der Waals surface area contributed by atoms with Crippen LogP contribution < -0.4 is 4.74 Å². The molecule has 72 valence electrons. The molecular formula is C6H6BrNO4S. The molecule has 13 heavy (non-hydrogen) atoms. The second-order valence-corrected chi connectivity index (χ2v) is 4.34. The van der Waals surface area contributed by atoms with Crippen LogP contribution >= 0.6 is 15.9 Å². The van der Waals surface area contributed by atoms with Gasteiger partial charge in [-0.3, -0.25) is 4.55 Å². The normalized spacial score (nSPS) is 11.3. The van der Waals surface area contributed by atoms with Crippen LogP contribution in [-0.2, 0) is 10.1 Å². The Morgan fingerprint density at radius 2 is 2.23 bits per heavy atom. The van der Waals surface area contributed by atoms with E-state index in [2.05, 4.69) is 20.9 Å². The maximum absolute atomic E-state index is 10.8. The second kappa shape index (κ2) is 3.60. The standard InChI is InChI=1S/C6H6BrNO4S/c1-12-4-3-8-6(7)2-5(4)13(9,10)11/h2-3H,1H3,(H,9,10,11). The average Bonchev–Trinajstić information content (AvgIpc) is 2.03. The van der Waals surface area contributed by atoms with E-state index in [1.807, 2.05) is 0 Å². The first kappa shape index (κ1) is 10.4. The molecule has 0 bridgehead atoms. The van der Waals surface area contributed by atoms with Crippen LogP contribution in [0.5, 0.6) is 5.75 Å². The van der Waals surface area contributed by atoms with E-state index in [0.717, 1.165) is 6.07 Å². The lowest BCUT2D eigenvalue weighted by molar-refractivity contribution is 0.395. The first-order valence-electron chi connectivity index (χ1n) is 3.12. The fourth-order valence-corrected chi connectivity index (χ4v) is 1.89. The lowest BCUT2D eigenvalue weighted by Crippen LogP contribution is -2.02. The zero-order valence-corrected chi connectivity index (χ0v) is 8.96. The van der Waals surface area contributed by atoms with Crippen molar-refractivity contribution in [3.05, 3.63) is 16.9 Å². The Morgan fingerprint density at radius 3 is 2.69 bits per heavy atom. The maximum Gasteiger partial charge on any atom is 0.298 e. The molecule has 0 aliphatic rings. The summed E-state index contributed by atoms with van der Waals surface area (Å²) >= 11 is 2.98. The molecule has 0 saturated heterocycles. The smallest absolute Gasteiger partial charge is 0.298 e. The van der Waals surface area contributed by atoms with E-state index in [0.29, 0.717) is 4.60 Å². The zero-order valence-electron chi connectivity index (χ0n) is 6.56. The van der Waals surface area contributed by atoms with Crippen LogP contribution in [0.15, 0.2) is 21.8 Å². The van der Waals surface area contributed by atoms with Crippen LogP contribution in [0.3, 0.4) is 0 Å². The Bertz CT molecular complexity index is 417. The molecule has 7 heteroatoms. The molecule has 1 aromatic heterocycles. The minimum Gasteiger partial charge on any atom is -0.494 e. The monoisotopic (exact) mass is 267 g/mol. The molecule has 0 aliphatic carbocycles. The Balaban J connectivity index is 3.41. The molecule has 0 fully saturated rings. The predicted octanol–water partition coefficient (Wildman–Crippen LogP) is 1.10. The molecule has 0 aromatic carbocycles. The van der Waals surface area contributed by atoms with E-state index in [4.69, 9.17) is 9.29 Å². The molecule has 0 amide bonds. The van der Waals surface area contributed by atoms with Crippen molar-refractivity contribution in [3.8, 4) is 5.75 Å². The highest BCUT2D eigenvalue weighted by molar-refractivity contribution is 9.10. The minimum atomic E-state index is -4.26. The van der Waals surface area contributed by atoms with Gasteiger partial charge in [0.15, 0.2) is 5.75 Å². The van der Waals surface area contributed by atoms with Crippen molar-refractivity contribution >= 4 is 26.0 Å². The van der Waals surface area contributed by atoms with Gasteiger partial charge >= 0.3 is 0 Å². The van der Waals surface area contributed by atoms with E-state index in [9.17, 15) is 8.42 Å². The van der Waals surface area contributed by atoms with Crippen LogP contribution in [0.1, 0.15) is 0 Å². The number of ether oxygens (including phenoxy) is 1. The summed E-state index contributed by atoms with van der Waals surface area (Å²) in [5, 5.41) is 0. The van der Waals surface area contributed by atoms with Crippen LogP contribution in [0, 0.1) is 0 Å². The highest BCUT2D eigenvalue weighted by atomic mass is 79.9. The van der Waals surface area contributed by atoms with Crippen molar-refractivity contribution in [2.24, 2.45) is 0 Å². The van der Waals surface area contributed by atoms with Crippen molar-refractivity contribution in [3.63, 3.8) is 0 Å². The molecule has 0 aliphatic heterocycles. The van der Waals surface area contributed by atoms with Crippen LogP contribution in [0.4, 0.5) is 0 Å². The quantitative estimate of drug-likeness (QED) is 0.642. The highest BCUT2D eigenvalue weighted by Crippen LogP contribution is 2.24. The van der Waals surface area contributed by atoms with Gasteiger partial charge in [-0.15, -0.1) is 0 Å². The molecular weight excluding hydrogens is 262 g/mol. The summed E-state index contributed by atoms with van der Waals surface area (Å²) < 4.78 is 35.4. The number of methoxy groups -OCH3 is 1. The number of aromatic nitrogens is 1. The summed E-state index contributed by atoms with van der Waals surface area (Å²) in [6.45, 7) is 0. The summed E-state index contributed by atoms with van der Waals surface area (Å²) in [7, 11) is -2.97. The van der Waals surface area contributed by atoms with Gasteiger partial charge in [-0.2, -0.15) is 8.42 Å². The summed E-state index contributed by atoms with van der Waals surface area (Å²) in [6, 6.07) is 1.16. The van der Waals surface area contributed by atoms with E-state index >= 15 is 0 Å². The molecule has 1 aromatic rings. The van der Waals surface area contributed by atoms with E-state index in [1.165, 1.54) is 13.3 Å². The minimum absolute atomic E-state index is 0.00528. The van der Waals surface area contributed by atoms with Gasteiger partial charge in [0.05, 0.1) is 13.3 Å². The van der Waals surface area contributed by atoms with Crippen LogP contribution in [0.2, 0.25) is 0 Å². The van der Waals surface area contributed by atoms with Gasteiger partial charge in [-0.25, -0.2) is 4.98 Å². The third-order valence-electron chi connectivity index (χ3n) is 1.30. The van der Waals surface area contributed by atoms with E-state index < -0.39 is 10.1 Å². The molecule has 0 unspecified atom stereocenters. The van der Waals surface area contributed by atoms with Gasteiger partial charge in [-0.05, 0) is 22.0 Å². The van der Waals surface area contributed by atoms with Gasteiger partial charge in [0, 0.05) is 0 Å². The van der Waals surface area contributed by atoms with Crippen LogP contribution in [-0.4, -0.2) is 25.1 Å². The Morgan fingerprint density at radius 1 is 1.62 bits per heavy atom. The number of pyridine rings is 1. The van der Waals surface area contributed by atoms with Crippen molar-refractivity contribution in [1.29, 1.82) is 0 Å². The lowest BCUT2D eigenvalue weighted by atomic mass is 10.5.